The Kier molecular flexibility index (Phi) is 4.88. The highest BCUT2D eigenvalue weighted by atomic mass is 16.3. The second-order valence-corrected chi connectivity index (χ2v) is 6.56. The van der Waals surface area contributed by atoms with Crippen LogP contribution in [0.1, 0.15) is 18.0 Å². The van der Waals surface area contributed by atoms with Crippen molar-refractivity contribution >= 4 is 17.1 Å². The molecule has 4 rings (SSSR count). The molecule has 26 heavy (non-hydrogen) atoms. The van der Waals surface area contributed by atoms with Gasteiger partial charge in [0.25, 0.3) is 0 Å². The Balaban J connectivity index is 1.30. The minimum Gasteiger partial charge on any atom is -0.467 e. The molecule has 136 valence electrons. The molecule has 0 aliphatic carbocycles. The Hall–Kier alpha value is -2.80. The molecule has 1 saturated heterocycles. The summed E-state index contributed by atoms with van der Waals surface area (Å²) >= 11 is 0. The summed E-state index contributed by atoms with van der Waals surface area (Å²) in [5, 5.41) is 2.92. The average Bonchev–Trinajstić information content (AvgIpc) is 3.25. The van der Waals surface area contributed by atoms with E-state index in [9.17, 15) is 4.79 Å². The van der Waals surface area contributed by atoms with E-state index in [1.807, 2.05) is 41.3 Å². The molecule has 0 bridgehead atoms. The highest BCUT2D eigenvalue weighted by Crippen LogP contribution is 2.13. The lowest BCUT2D eigenvalue weighted by molar-refractivity contribution is 0.196. The summed E-state index contributed by atoms with van der Waals surface area (Å²) in [7, 11) is 0. The van der Waals surface area contributed by atoms with Crippen molar-refractivity contribution in [2.45, 2.75) is 19.5 Å². The predicted molar refractivity (Wildman–Crippen MR) is 98.5 cm³/mol. The van der Waals surface area contributed by atoms with Gasteiger partial charge in [-0.2, -0.15) is 0 Å². The number of para-hydroxylation sites is 2. The number of hydrogen-bond donors (Lipinski definition) is 2. The molecule has 0 radical (unpaired) electrons. The molecule has 0 atom stereocenters. The Morgan fingerprint density at radius 3 is 2.92 bits per heavy atom. The van der Waals surface area contributed by atoms with Crippen LogP contribution in [-0.4, -0.2) is 52.0 Å². The van der Waals surface area contributed by atoms with Gasteiger partial charge in [0.1, 0.15) is 11.6 Å². The van der Waals surface area contributed by atoms with Gasteiger partial charge in [0.05, 0.1) is 30.4 Å². The summed E-state index contributed by atoms with van der Waals surface area (Å²) in [4.78, 5) is 24.6. The fourth-order valence-electron chi connectivity index (χ4n) is 3.31. The number of rotatable bonds is 4. The maximum atomic E-state index is 12.4. The third-order valence-electron chi connectivity index (χ3n) is 4.68. The van der Waals surface area contributed by atoms with Crippen LogP contribution in [0.3, 0.4) is 0 Å². The lowest BCUT2D eigenvalue weighted by Gasteiger charge is -2.21. The molecule has 2 N–H and O–H groups in total. The normalized spacial score (nSPS) is 15.9. The van der Waals surface area contributed by atoms with E-state index in [0.29, 0.717) is 13.1 Å². The monoisotopic (exact) mass is 353 g/mol. The Morgan fingerprint density at radius 2 is 2.08 bits per heavy atom. The molecule has 1 aliphatic heterocycles. The van der Waals surface area contributed by atoms with Crippen molar-refractivity contribution in [2.24, 2.45) is 0 Å². The first-order chi connectivity index (χ1) is 12.8. The van der Waals surface area contributed by atoms with Gasteiger partial charge in [0, 0.05) is 26.2 Å². The lowest BCUT2D eigenvalue weighted by atomic mass is 10.3. The molecule has 3 aromatic rings. The number of H-pyrrole nitrogens is 1. The summed E-state index contributed by atoms with van der Waals surface area (Å²) in [6.07, 6.45) is 2.57. The number of aromatic amines is 1. The zero-order valence-corrected chi connectivity index (χ0v) is 14.6. The van der Waals surface area contributed by atoms with Crippen LogP contribution in [0.15, 0.2) is 47.1 Å². The maximum Gasteiger partial charge on any atom is 0.317 e. The predicted octanol–water partition coefficient (Wildman–Crippen LogP) is 2.57. The Morgan fingerprint density at radius 1 is 1.15 bits per heavy atom. The van der Waals surface area contributed by atoms with Gasteiger partial charge < -0.3 is 19.6 Å². The largest absolute Gasteiger partial charge is 0.467 e. The van der Waals surface area contributed by atoms with Crippen molar-refractivity contribution in [3.63, 3.8) is 0 Å². The number of benzene rings is 1. The van der Waals surface area contributed by atoms with Gasteiger partial charge in [0.15, 0.2) is 0 Å². The van der Waals surface area contributed by atoms with E-state index in [2.05, 4.69) is 20.2 Å². The summed E-state index contributed by atoms with van der Waals surface area (Å²) < 4.78 is 5.25. The van der Waals surface area contributed by atoms with Gasteiger partial charge in [-0.15, -0.1) is 0 Å². The molecular weight excluding hydrogens is 330 g/mol. The van der Waals surface area contributed by atoms with E-state index in [4.69, 9.17) is 4.42 Å². The molecule has 3 heterocycles. The van der Waals surface area contributed by atoms with Crippen LogP contribution in [0, 0.1) is 0 Å². The standard InChI is InChI=1S/C19H23N5O2/c25-19(20-13-15-5-3-12-26-15)24-9-4-8-23(10-11-24)14-18-21-16-6-1-2-7-17(16)22-18/h1-3,5-7,12H,4,8-11,13-14H2,(H,20,25)(H,21,22). The highest BCUT2D eigenvalue weighted by Gasteiger charge is 2.20. The van der Waals surface area contributed by atoms with Crippen LogP contribution in [0.25, 0.3) is 11.0 Å². The van der Waals surface area contributed by atoms with E-state index in [0.717, 1.165) is 55.2 Å². The van der Waals surface area contributed by atoms with E-state index >= 15 is 0 Å². The zero-order chi connectivity index (χ0) is 17.8. The number of amides is 2. The van der Waals surface area contributed by atoms with Crippen LogP contribution in [0.2, 0.25) is 0 Å². The quantitative estimate of drug-likeness (QED) is 0.756. The molecule has 0 unspecified atom stereocenters. The zero-order valence-electron chi connectivity index (χ0n) is 14.6. The van der Waals surface area contributed by atoms with E-state index in [-0.39, 0.29) is 6.03 Å². The topological polar surface area (TPSA) is 77.4 Å². The molecule has 2 amide bonds. The number of hydrogen-bond acceptors (Lipinski definition) is 4. The summed E-state index contributed by atoms with van der Waals surface area (Å²) in [6.45, 7) is 4.47. The van der Waals surface area contributed by atoms with Gasteiger partial charge in [-0.05, 0) is 30.7 Å². The maximum absolute atomic E-state index is 12.4. The van der Waals surface area contributed by atoms with Gasteiger partial charge >= 0.3 is 6.03 Å². The molecule has 0 saturated carbocycles. The lowest BCUT2D eigenvalue weighted by Crippen LogP contribution is -2.41. The summed E-state index contributed by atoms with van der Waals surface area (Å²) in [6, 6.07) is 11.7. The molecule has 2 aromatic heterocycles. The Bertz CT molecular complexity index is 825. The van der Waals surface area contributed by atoms with Crippen LogP contribution in [0.4, 0.5) is 4.79 Å². The van der Waals surface area contributed by atoms with Crippen LogP contribution >= 0.6 is 0 Å². The summed E-state index contributed by atoms with van der Waals surface area (Å²) in [5.74, 6) is 1.74. The average molecular weight is 353 g/mol. The SMILES string of the molecule is O=C(NCc1ccco1)N1CCCN(Cc2nc3ccccc3[nH]2)CC1. The number of aromatic nitrogens is 2. The summed E-state index contributed by atoms with van der Waals surface area (Å²) in [5.41, 5.74) is 2.06. The van der Waals surface area contributed by atoms with Gasteiger partial charge in [-0.1, -0.05) is 12.1 Å². The second kappa shape index (κ2) is 7.61. The highest BCUT2D eigenvalue weighted by molar-refractivity contribution is 5.75. The number of furan rings is 1. The number of nitrogens with one attached hydrogen (secondary N) is 2. The van der Waals surface area contributed by atoms with Crippen molar-refractivity contribution in [1.29, 1.82) is 0 Å². The molecule has 1 aliphatic rings. The van der Waals surface area contributed by atoms with E-state index in [1.54, 1.807) is 6.26 Å². The van der Waals surface area contributed by atoms with Crippen molar-refractivity contribution in [3.05, 3.63) is 54.2 Å². The molecule has 7 heteroatoms. The first-order valence-electron chi connectivity index (χ1n) is 8.99. The molecule has 1 aromatic carbocycles. The van der Waals surface area contributed by atoms with Crippen molar-refractivity contribution < 1.29 is 9.21 Å². The third kappa shape index (κ3) is 3.88. The van der Waals surface area contributed by atoms with Gasteiger partial charge in [-0.25, -0.2) is 9.78 Å². The first-order valence-corrected chi connectivity index (χ1v) is 8.99. The Labute approximate surface area is 152 Å². The molecule has 7 nitrogen and oxygen atoms in total. The number of urea groups is 1. The molecule has 0 spiro atoms. The fraction of sp³-hybridized carbons (Fsp3) is 0.368. The van der Waals surface area contributed by atoms with Gasteiger partial charge in [0.2, 0.25) is 0 Å². The smallest absolute Gasteiger partial charge is 0.317 e. The van der Waals surface area contributed by atoms with E-state index < -0.39 is 0 Å². The minimum atomic E-state index is -0.0352. The van der Waals surface area contributed by atoms with Crippen LogP contribution < -0.4 is 5.32 Å². The first kappa shape index (κ1) is 16.7. The second-order valence-electron chi connectivity index (χ2n) is 6.56. The molecular formula is C19H23N5O2. The number of carbonyl (C=O) groups excluding carboxylic acids is 1. The van der Waals surface area contributed by atoms with Crippen molar-refractivity contribution in [1.82, 2.24) is 25.1 Å². The number of nitrogens with zero attached hydrogens (tertiary/aromatic N) is 3. The van der Waals surface area contributed by atoms with Gasteiger partial charge in [-0.3, -0.25) is 4.90 Å². The van der Waals surface area contributed by atoms with Crippen LogP contribution in [0.5, 0.6) is 0 Å². The number of fused-ring (bicyclic) bond motifs is 1. The van der Waals surface area contributed by atoms with Crippen molar-refractivity contribution in [2.75, 3.05) is 26.2 Å². The third-order valence-corrected chi connectivity index (χ3v) is 4.68. The van der Waals surface area contributed by atoms with Crippen molar-refractivity contribution in [3.8, 4) is 0 Å². The fourth-order valence-corrected chi connectivity index (χ4v) is 3.31. The van der Waals surface area contributed by atoms with E-state index in [1.165, 1.54) is 0 Å². The molecule has 1 fully saturated rings. The van der Waals surface area contributed by atoms with Crippen LogP contribution in [-0.2, 0) is 13.1 Å². The number of carbonyl (C=O) groups is 1. The number of imidazole rings is 1. The minimum absolute atomic E-state index is 0.0352.